The molecule has 47 heavy (non-hydrogen) atoms. The summed E-state index contributed by atoms with van der Waals surface area (Å²) in [4.78, 5) is 42.7. The van der Waals surface area contributed by atoms with Crippen LogP contribution in [0.5, 0.6) is 0 Å². The molecule has 0 saturated carbocycles. The Morgan fingerprint density at radius 2 is 0.979 bits per heavy atom. The summed E-state index contributed by atoms with van der Waals surface area (Å²) in [6.45, 7) is 3.63. The van der Waals surface area contributed by atoms with Crippen LogP contribution in [0.2, 0.25) is 0 Å². The monoisotopic (exact) mass is 686 g/mol. The summed E-state index contributed by atoms with van der Waals surface area (Å²) in [5.74, 6) is -0.895. The molecule has 0 aromatic carbocycles. The van der Waals surface area contributed by atoms with Gasteiger partial charge in [-0.1, -0.05) is 160 Å². The van der Waals surface area contributed by atoms with Gasteiger partial charge in [-0.05, 0) is 38.5 Å². The predicted molar refractivity (Wildman–Crippen MR) is 193 cm³/mol. The summed E-state index contributed by atoms with van der Waals surface area (Å²) < 4.78 is 26.3. The first-order valence-corrected chi connectivity index (χ1v) is 20.7. The molecular weight excluding hydrogens is 615 g/mol. The molecule has 0 aliphatic heterocycles. The van der Waals surface area contributed by atoms with Crippen molar-refractivity contribution in [2.45, 2.75) is 193 Å². The van der Waals surface area contributed by atoms with Crippen LogP contribution in [-0.2, 0) is 28.2 Å². The highest BCUT2D eigenvalue weighted by Crippen LogP contribution is 2.36. The Hall–Kier alpha value is -1.47. The summed E-state index contributed by atoms with van der Waals surface area (Å²) >= 11 is 0. The lowest BCUT2D eigenvalue weighted by atomic mass is 10.0. The number of carbonyl (C=O) groups is 2. The second-order valence-electron chi connectivity index (χ2n) is 12.9. The van der Waals surface area contributed by atoms with Crippen LogP contribution in [-0.4, -0.2) is 41.0 Å². The molecule has 0 saturated heterocycles. The van der Waals surface area contributed by atoms with Gasteiger partial charge in [0.25, 0.3) is 0 Å². The zero-order valence-corrected chi connectivity index (χ0v) is 31.1. The van der Waals surface area contributed by atoms with Gasteiger partial charge in [0.2, 0.25) is 0 Å². The number of allylic oxidation sites excluding steroid dienone is 4. The molecule has 0 aromatic rings. The summed E-state index contributed by atoms with van der Waals surface area (Å²) in [5.41, 5.74) is 0. The van der Waals surface area contributed by atoms with Crippen molar-refractivity contribution in [1.82, 2.24) is 0 Å². The summed E-state index contributed by atoms with van der Waals surface area (Å²) in [5, 5.41) is 0. The number of carbonyl (C=O) groups excluding carboxylic acids is 2. The van der Waals surface area contributed by atoms with E-state index in [4.69, 9.17) is 19.3 Å². The van der Waals surface area contributed by atoms with Gasteiger partial charge in [0.05, 0.1) is 6.61 Å². The fourth-order valence-electron chi connectivity index (χ4n) is 5.33. The number of hydrogen-bond donors (Lipinski definition) is 2. The predicted octanol–water partition coefficient (Wildman–Crippen LogP) is 11.2. The van der Waals surface area contributed by atoms with E-state index in [1.54, 1.807) is 0 Å². The molecular formula is C38H71O8P. The van der Waals surface area contributed by atoms with E-state index in [0.29, 0.717) is 12.8 Å². The molecule has 0 aliphatic carbocycles. The topological polar surface area (TPSA) is 119 Å². The molecule has 0 aromatic heterocycles. The van der Waals surface area contributed by atoms with Crippen LogP contribution < -0.4 is 0 Å². The Labute approximate surface area is 288 Å². The van der Waals surface area contributed by atoms with Crippen LogP contribution in [0.1, 0.15) is 187 Å². The Morgan fingerprint density at radius 3 is 1.47 bits per heavy atom. The fourth-order valence-corrected chi connectivity index (χ4v) is 5.69. The number of unbranched alkanes of at least 4 members (excludes halogenated alkanes) is 21. The maximum Gasteiger partial charge on any atom is 0.469 e. The highest BCUT2D eigenvalue weighted by atomic mass is 31.2. The van der Waals surface area contributed by atoms with Gasteiger partial charge in [-0.3, -0.25) is 14.1 Å². The summed E-state index contributed by atoms with van der Waals surface area (Å²) in [6.07, 6.45) is 37.5. The Kier molecular flexibility index (Phi) is 33.3. The van der Waals surface area contributed by atoms with Gasteiger partial charge in [-0.25, -0.2) is 4.57 Å². The van der Waals surface area contributed by atoms with Crippen LogP contribution in [0.25, 0.3) is 0 Å². The number of phosphoric ester groups is 1. The smallest absolute Gasteiger partial charge is 0.462 e. The number of rotatable bonds is 35. The van der Waals surface area contributed by atoms with Gasteiger partial charge in [-0.15, -0.1) is 0 Å². The average molecular weight is 687 g/mol. The Bertz CT molecular complexity index is 823. The molecule has 8 nitrogen and oxygen atoms in total. The first-order valence-electron chi connectivity index (χ1n) is 19.1. The highest BCUT2D eigenvalue weighted by molar-refractivity contribution is 7.46. The highest BCUT2D eigenvalue weighted by Gasteiger charge is 2.22. The lowest BCUT2D eigenvalue weighted by Gasteiger charge is -2.18. The molecule has 0 rings (SSSR count). The van der Waals surface area contributed by atoms with Gasteiger partial charge in [0.1, 0.15) is 6.61 Å². The Balaban J connectivity index is 3.96. The van der Waals surface area contributed by atoms with Crippen molar-refractivity contribution < 1.29 is 37.9 Å². The molecule has 0 fully saturated rings. The number of ether oxygens (including phenoxy) is 2. The van der Waals surface area contributed by atoms with Crippen LogP contribution >= 0.6 is 7.82 Å². The number of esters is 2. The molecule has 0 unspecified atom stereocenters. The molecule has 0 heterocycles. The average Bonchev–Trinajstić information content (AvgIpc) is 3.03. The number of phosphoric acid groups is 1. The van der Waals surface area contributed by atoms with Crippen LogP contribution in [0, 0.1) is 0 Å². The first-order chi connectivity index (χ1) is 22.8. The molecule has 0 bridgehead atoms. The normalized spacial score (nSPS) is 12.7. The van der Waals surface area contributed by atoms with Crippen LogP contribution in [0.4, 0.5) is 0 Å². The minimum atomic E-state index is -4.75. The SMILES string of the molecule is CCCC/C=C/C/C=C/CCCCCCCC(=O)OC[C@H](COP(=O)(O)O)OC(=O)CCCCCCCCCCCCCCCCC. The first kappa shape index (κ1) is 45.5. The van der Waals surface area contributed by atoms with Gasteiger partial charge in [0, 0.05) is 12.8 Å². The second kappa shape index (κ2) is 34.4. The van der Waals surface area contributed by atoms with Crippen molar-refractivity contribution in [3.63, 3.8) is 0 Å². The van der Waals surface area contributed by atoms with Gasteiger partial charge < -0.3 is 19.3 Å². The van der Waals surface area contributed by atoms with E-state index in [-0.39, 0.29) is 19.4 Å². The molecule has 0 radical (unpaired) electrons. The Morgan fingerprint density at radius 1 is 0.553 bits per heavy atom. The van der Waals surface area contributed by atoms with Crippen LogP contribution in [0.15, 0.2) is 24.3 Å². The van der Waals surface area contributed by atoms with E-state index in [9.17, 15) is 14.2 Å². The van der Waals surface area contributed by atoms with E-state index >= 15 is 0 Å². The molecule has 276 valence electrons. The van der Waals surface area contributed by atoms with E-state index in [1.165, 1.54) is 83.5 Å². The lowest BCUT2D eigenvalue weighted by molar-refractivity contribution is -0.161. The summed E-state index contributed by atoms with van der Waals surface area (Å²) in [6, 6.07) is 0. The quantitative estimate of drug-likeness (QED) is 0.0292. The van der Waals surface area contributed by atoms with Gasteiger partial charge >= 0.3 is 19.8 Å². The third-order valence-corrected chi connectivity index (χ3v) is 8.71. The molecule has 0 spiro atoms. The van der Waals surface area contributed by atoms with Gasteiger partial charge in [-0.2, -0.15) is 0 Å². The van der Waals surface area contributed by atoms with Gasteiger partial charge in [0.15, 0.2) is 6.10 Å². The van der Waals surface area contributed by atoms with Crippen LogP contribution in [0.3, 0.4) is 0 Å². The molecule has 2 N–H and O–H groups in total. The number of hydrogen-bond acceptors (Lipinski definition) is 6. The van der Waals surface area contributed by atoms with Crippen molar-refractivity contribution in [3.8, 4) is 0 Å². The zero-order valence-electron chi connectivity index (χ0n) is 30.2. The van der Waals surface area contributed by atoms with E-state index < -0.39 is 32.5 Å². The van der Waals surface area contributed by atoms with Crippen molar-refractivity contribution >= 4 is 19.8 Å². The van der Waals surface area contributed by atoms with Crippen molar-refractivity contribution in [2.24, 2.45) is 0 Å². The van der Waals surface area contributed by atoms with E-state index in [2.05, 4.69) is 42.7 Å². The standard InChI is InChI=1S/C38H71O8P/c1-3-5-7-9-11-13-15-17-19-21-23-25-27-29-31-33-38(40)46-36(35-45-47(41,42)43)34-44-37(39)32-30-28-26-24-22-20-18-16-14-12-10-8-6-4-2/h10,12,16,18,36H,3-9,11,13-15,17,19-35H2,1-2H3,(H2,41,42,43)/b12-10+,18-16+/t36-/m1/s1. The molecule has 9 heteroatoms. The van der Waals surface area contributed by atoms with Crippen molar-refractivity contribution in [3.05, 3.63) is 24.3 Å². The third kappa shape index (κ3) is 37.2. The van der Waals surface area contributed by atoms with E-state index in [1.807, 2.05) is 0 Å². The molecule has 1 atom stereocenters. The third-order valence-electron chi connectivity index (χ3n) is 8.22. The largest absolute Gasteiger partial charge is 0.469 e. The maximum atomic E-state index is 12.4. The zero-order chi connectivity index (χ0) is 34.7. The molecule has 0 amide bonds. The summed E-state index contributed by atoms with van der Waals surface area (Å²) in [7, 11) is -4.75. The second-order valence-corrected chi connectivity index (χ2v) is 14.1. The maximum absolute atomic E-state index is 12.4. The lowest BCUT2D eigenvalue weighted by Crippen LogP contribution is -2.29. The van der Waals surface area contributed by atoms with Crippen molar-refractivity contribution in [1.29, 1.82) is 0 Å². The minimum absolute atomic E-state index is 0.213. The van der Waals surface area contributed by atoms with Crippen molar-refractivity contribution in [2.75, 3.05) is 13.2 Å². The van der Waals surface area contributed by atoms with E-state index in [0.717, 1.165) is 64.2 Å². The molecule has 0 aliphatic rings. The minimum Gasteiger partial charge on any atom is -0.462 e. The fraction of sp³-hybridized carbons (Fsp3) is 0.842.